The summed E-state index contributed by atoms with van der Waals surface area (Å²) in [6.07, 6.45) is 5.67. The molecular weight excluding hydrogens is 322 g/mol. The quantitative estimate of drug-likeness (QED) is 0.655. The van der Waals surface area contributed by atoms with Crippen LogP contribution in [0.5, 0.6) is 5.75 Å². The first kappa shape index (κ1) is 16.9. The number of nitro groups is 1. The highest BCUT2D eigenvalue weighted by molar-refractivity contribution is 5.76. The van der Waals surface area contributed by atoms with Crippen molar-refractivity contribution in [3.8, 4) is 5.75 Å². The average molecular weight is 343 g/mol. The second-order valence-corrected chi connectivity index (χ2v) is 5.88. The van der Waals surface area contributed by atoms with Crippen LogP contribution in [0, 0.1) is 10.1 Å². The molecular formula is C17H21N5O3. The van der Waals surface area contributed by atoms with Crippen molar-refractivity contribution >= 4 is 23.0 Å². The summed E-state index contributed by atoms with van der Waals surface area (Å²) in [6.45, 7) is 1.54. The summed E-state index contributed by atoms with van der Waals surface area (Å²) in [5.74, 6) is 1.13. The fourth-order valence-corrected chi connectivity index (χ4v) is 3.02. The summed E-state index contributed by atoms with van der Waals surface area (Å²) in [4.78, 5) is 21.6. The van der Waals surface area contributed by atoms with E-state index in [1.807, 2.05) is 17.0 Å². The average Bonchev–Trinajstić information content (AvgIpc) is 2.91. The molecule has 1 aromatic carbocycles. The molecule has 0 unspecified atom stereocenters. The minimum atomic E-state index is -0.419. The van der Waals surface area contributed by atoms with Crippen LogP contribution in [0.3, 0.4) is 0 Å². The topological polar surface area (TPSA) is 93.4 Å². The Morgan fingerprint density at radius 1 is 1.16 bits per heavy atom. The van der Waals surface area contributed by atoms with E-state index in [1.54, 1.807) is 19.2 Å². The molecule has 132 valence electrons. The summed E-state index contributed by atoms with van der Waals surface area (Å²) in [6, 6.07) is 7.23. The number of aromatic nitrogens is 2. The smallest absolute Gasteiger partial charge is 0.353 e. The number of ether oxygens (including phenoxy) is 1. The van der Waals surface area contributed by atoms with Gasteiger partial charge in [-0.1, -0.05) is 25.0 Å². The highest BCUT2D eigenvalue weighted by Gasteiger charge is 2.28. The molecule has 3 rings (SSSR count). The molecule has 1 aliphatic rings. The van der Waals surface area contributed by atoms with Gasteiger partial charge in [-0.15, -0.1) is 0 Å². The van der Waals surface area contributed by atoms with E-state index in [4.69, 9.17) is 4.74 Å². The first-order valence-electron chi connectivity index (χ1n) is 8.35. The van der Waals surface area contributed by atoms with Gasteiger partial charge >= 0.3 is 5.69 Å². The zero-order chi connectivity index (χ0) is 17.6. The van der Waals surface area contributed by atoms with Gasteiger partial charge in [0, 0.05) is 13.1 Å². The van der Waals surface area contributed by atoms with Crippen molar-refractivity contribution in [1.29, 1.82) is 0 Å². The number of benzene rings is 1. The van der Waals surface area contributed by atoms with Crippen molar-refractivity contribution in [2.24, 2.45) is 0 Å². The van der Waals surface area contributed by atoms with Gasteiger partial charge in [-0.25, -0.2) is 9.97 Å². The third-order valence-corrected chi connectivity index (χ3v) is 4.25. The number of hydrogen-bond acceptors (Lipinski definition) is 7. The van der Waals surface area contributed by atoms with E-state index >= 15 is 0 Å². The molecule has 0 amide bonds. The molecule has 2 aromatic rings. The number of nitrogens with one attached hydrogen (secondary N) is 1. The van der Waals surface area contributed by atoms with Gasteiger partial charge in [-0.2, -0.15) is 0 Å². The molecule has 1 aliphatic heterocycles. The SMILES string of the molecule is COc1ccccc1Nc1ncnc(N2CCCCCC2)c1[N+](=O)[O-]. The van der Waals surface area contributed by atoms with E-state index in [0.29, 0.717) is 17.3 Å². The maximum absolute atomic E-state index is 11.7. The van der Waals surface area contributed by atoms with Gasteiger partial charge in [-0.3, -0.25) is 10.1 Å². The number of anilines is 3. The highest BCUT2D eigenvalue weighted by atomic mass is 16.6. The van der Waals surface area contributed by atoms with Crippen molar-refractivity contribution < 1.29 is 9.66 Å². The van der Waals surface area contributed by atoms with Gasteiger partial charge in [0.2, 0.25) is 11.6 Å². The lowest BCUT2D eigenvalue weighted by Crippen LogP contribution is -2.26. The number of para-hydroxylation sites is 2. The second kappa shape index (κ2) is 7.78. The fourth-order valence-electron chi connectivity index (χ4n) is 3.02. The van der Waals surface area contributed by atoms with Crippen LogP contribution in [0.25, 0.3) is 0 Å². The molecule has 1 fully saturated rings. The maximum atomic E-state index is 11.7. The van der Waals surface area contributed by atoms with E-state index < -0.39 is 4.92 Å². The minimum absolute atomic E-state index is 0.102. The maximum Gasteiger partial charge on any atom is 0.353 e. The molecule has 0 aliphatic carbocycles. The van der Waals surface area contributed by atoms with Crippen LogP contribution in [-0.2, 0) is 0 Å². The minimum Gasteiger partial charge on any atom is -0.495 e. The van der Waals surface area contributed by atoms with Crippen molar-refractivity contribution in [1.82, 2.24) is 9.97 Å². The van der Waals surface area contributed by atoms with Crippen LogP contribution in [0.15, 0.2) is 30.6 Å². The molecule has 0 saturated carbocycles. The molecule has 1 N–H and O–H groups in total. The Morgan fingerprint density at radius 3 is 2.56 bits per heavy atom. The molecule has 8 heteroatoms. The lowest BCUT2D eigenvalue weighted by molar-refractivity contribution is -0.383. The summed E-state index contributed by atoms with van der Waals surface area (Å²) in [5.41, 5.74) is 0.518. The van der Waals surface area contributed by atoms with Crippen LogP contribution in [0.4, 0.5) is 23.0 Å². The monoisotopic (exact) mass is 343 g/mol. The Hall–Kier alpha value is -2.90. The van der Waals surface area contributed by atoms with E-state index in [2.05, 4.69) is 15.3 Å². The summed E-state index contributed by atoms with van der Waals surface area (Å²) >= 11 is 0. The zero-order valence-corrected chi connectivity index (χ0v) is 14.1. The number of methoxy groups -OCH3 is 1. The Kier molecular flexibility index (Phi) is 5.27. The van der Waals surface area contributed by atoms with Crippen molar-refractivity contribution in [2.45, 2.75) is 25.7 Å². The van der Waals surface area contributed by atoms with Gasteiger partial charge in [0.05, 0.1) is 17.7 Å². The van der Waals surface area contributed by atoms with Crippen LogP contribution in [-0.4, -0.2) is 35.1 Å². The molecule has 0 radical (unpaired) electrons. The predicted octanol–water partition coefficient (Wildman–Crippen LogP) is 3.52. The van der Waals surface area contributed by atoms with Crippen molar-refractivity contribution in [3.63, 3.8) is 0 Å². The Labute approximate surface area is 146 Å². The number of nitrogens with zero attached hydrogens (tertiary/aromatic N) is 4. The molecule has 1 aromatic heterocycles. The van der Waals surface area contributed by atoms with Gasteiger partial charge in [0.1, 0.15) is 12.1 Å². The number of rotatable bonds is 5. The van der Waals surface area contributed by atoms with Crippen LogP contribution in [0.1, 0.15) is 25.7 Å². The Morgan fingerprint density at radius 2 is 1.88 bits per heavy atom. The predicted molar refractivity (Wildman–Crippen MR) is 95.6 cm³/mol. The summed E-state index contributed by atoms with van der Waals surface area (Å²) in [5, 5.41) is 14.8. The normalized spacial score (nSPS) is 14.7. The summed E-state index contributed by atoms with van der Waals surface area (Å²) < 4.78 is 5.29. The number of hydrogen-bond donors (Lipinski definition) is 1. The lowest BCUT2D eigenvalue weighted by atomic mass is 10.2. The third kappa shape index (κ3) is 3.78. The van der Waals surface area contributed by atoms with E-state index in [1.165, 1.54) is 6.33 Å². The second-order valence-electron chi connectivity index (χ2n) is 5.88. The van der Waals surface area contributed by atoms with Gasteiger partial charge in [0.15, 0.2) is 0 Å². The van der Waals surface area contributed by atoms with Gasteiger partial charge in [0.25, 0.3) is 0 Å². The molecule has 0 bridgehead atoms. The Balaban J connectivity index is 1.99. The zero-order valence-electron chi connectivity index (χ0n) is 14.1. The first-order valence-corrected chi connectivity index (χ1v) is 8.35. The molecule has 2 heterocycles. The van der Waals surface area contributed by atoms with Gasteiger partial charge < -0.3 is 15.0 Å². The molecule has 1 saturated heterocycles. The lowest BCUT2D eigenvalue weighted by Gasteiger charge is -2.21. The molecule has 0 atom stereocenters. The molecule has 8 nitrogen and oxygen atoms in total. The van der Waals surface area contributed by atoms with E-state index in [-0.39, 0.29) is 11.5 Å². The van der Waals surface area contributed by atoms with E-state index in [0.717, 1.165) is 38.8 Å². The van der Waals surface area contributed by atoms with Gasteiger partial charge in [-0.05, 0) is 25.0 Å². The molecule has 0 spiro atoms. The largest absolute Gasteiger partial charge is 0.495 e. The van der Waals surface area contributed by atoms with Crippen molar-refractivity contribution in [3.05, 3.63) is 40.7 Å². The highest BCUT2D eigenvalue weighted by Crippen LogP contribution is 2.36. The Bertz CT molecular complexity index is 745. The fraction of sp³-hybridized carbons (Fsp3) is 0.412. The van der Waals surface area contributed by atoms with E-state index in [9.17, 15) is 10.1 Å². The summed E-state index contributed by atoms with van der Waals surface area (Å²) in [7, 11) is 1.55. The first-order chi connectivity index (χ1) is 12.2. The third-order valence-electron chi connectivity index (χ3n) is 4.25. The van der Waals surface area contributed by atoms with Crippen LogP contribution >= 0.6 is 0 Å². The van der Waals surface area contributed by atoms with Crippen LogP contribution < -0.4 is 15.0 Å². The van der Waals surface area contributed by atoms with Crippen LogP contribution in [0.2, 0.25) is 0 Å². The molecule has 25 heavy (non-hydrogen) atoms. The van der Waals surface area contributed by atoms with Crippen molar-refractivity contribution in [2.75, 3.05) is 30.4 Å². The standard InChI is InChI=1S/C17H21N5O3/c1-25-14-9-5-4-8-13(14)20-16-15(22(23)24)17(19-12-18-16)21-10-6-2-3-7-11-21/h4-5,8-9,12H,2-3,6-7,10-11H2,1H3,(H,18,19,20).